The normalized spacial score (nSPS) is 13.4. The molecule has 1 aliphatic carbocycles. The molecule has 5 nitrogen and oxygen atoms in total. The highest BCUT2D eigenvalue weighted by molar-refractivity contribution is 6.04. The first-order chi connectivity index (χ1) is 12.0. The van der Waals surface area contributed by atoms with Crippen LogP contribution in [-0.2, 0) is 4.79 Å². The number of benzene rings is 2. The number of alkyl halides is 2. The third-order valence-corrected chi connectivity index (χ3v) is 3.70. The molecule has 1 aliphatic rings. The lowest BCUT2D eigenvalue weighted by molar-refractivity contribution is -0.117. The zero-order valence-corrected chi connectivity index (χ0v) is 13.2. The molecule has 0 radical (unpaired) electrons. The summed E-state index contributed by atoms with van der Waals surface area (Å²) in [5.41, 5.74) is 1.54. The third-order valence-electron chi connectivity index (χ3n) is 3.70. The molecule has 2 aromatic carbocycles. The van der Waals surface area contributed by atoms with Crippen molar-refractivity contribution in [2.45, 2.75) is 19.5 Å². The Balaban J connectivity index is 1.57. The molecule has 2 amide bonds. The van der Waals surface area contributed by atoms with Gasteiger partial charge in [-0.05, 0) is 61.4 Å². The minimum absolute atomic E-state index is 0.0118. The second-order valence-electron chi connectivity index (χ2n) is 5.70. The molecular formula is C18H16F2N2O3. The van der Waals surface area contributed by atoms with E-state index in [2.05, 4.69) is 15.4 Å². The van der Waals surface area contributed by atoms with Gasteiger partial charge in [-0.25, -0.2) is 0 Å². The van der Waals surface area contributed by atoms with Crippen LogP contribution in [0.5, 0.6) is 5.75 Å². The summed E-state index contributed by atoms with van der Waals surface area (Å²) in [4.78, 5) is 23.8. The Bertz CT molecular complexity index is 757. The van der Waals surface area contributed by atoms with Crippen molar-refractivity contribution in [2.75, 3.05) is 10.6 Å². The summed E-state index contributed by atoms with van der Waals surface area (Å²) in [6.07, 6.45) is 1.86. The van der Waals surface area contributed by atoms with Gasteiger partial charge in [-0.15, -0.1) is 0 Å². The lowest BCUT2D eigenvalue weighted by Gasteiger charge is -2.08. The Hall–Kier alpha value is -2.96. The number of amides is 2. The van der Waals surface area contributed by atoms with E-state index in [1.54, 1.807) is 24.3 Å². The third kappa shape index (κ3) is 4.76. The molecule has 0 unspecified atom stereocenters. The first-order valence-corrected chi connectivity index (χ1v) is 7.78. The van der Waals surface area contributed by atoms with E-state index in [-0.39, 0.29) is 23.5 Å². The summed E-state index contributed by atoms with van der Waals surface area (Å²) in [6.45, 7) is -2.90. The smallest absolute Gasteiger partial charge is 0.387 e. The van der Waals surface area contributed by atoms with E-state index in [1.807, 2.05) is 0 Å². The minimum atomic E-state index is -2.90. The van der Waals surface area contributed by atoms with Gasteiger partial charge in [0.15, 0.2) is 0 Å². The predicted molar refractivity (Wildman–Crippen MR) is 88.8 cm³/mol. The van der Waals surface area contributed by atoms with Gasteiger partial charge < -0.3 is 15.4 Å². The molecule has 0 aliphatic heterocycles. The van der Waals surface area contributed by atoms with E-state index in [9.17, 15) is 18.4 Å². The summed E-state index contributed by atoms with van der Waals surface area (Å²) < 4.78 is 28.4. The van der Waals surface area contributed by atoms with Crippen LogP contribution >= 0.6 is 0 Å². The van der Waals surface area contributed by atoms with Crippen molar-refractivity contribution < 1.29 is 23.1 Å². The summed E-state index contributed by atoms with van der Waals surface area (Å²) in [7, 11) is 0. The second-order valence-corrected chi connectivity index (χ2v) is 5.70. The number of rotatable bonds is 6. The molecule has 0 heterocycles. The topological polar surface area (TPSA) is 67.4 Å². The largest absolute Gasteiger partial charge is 0.435 e. The molecule has 1 fully saturated rings. The summed E-state index contributed by atoms with van der Waals surface area (Å²) >= 11 is 0. The van der Waals surface area contributed by atoms with E-state index in [0.717, 1.165) is 12.8 Å². The fourth-order valence-corrected chi connectivity index (χ4v) is 2.22. The Labute approximate surface area is 143 Å². The Morgan fingerprint density at radius 1 is 0.920 bits per heavy atom. The molecule has 2 N–H and O–H groups in total. The number of ether oxygens (including phenoxy) is 1. The zero-order chi connectivity index (χ0) is 17.8. The molecular weight excluding hydrogens is 330 g/mol. The number of hydrogen-bond donors (Lipinski definition) is 2. The Morgan fingerprint density at radius 3 is 2.00 bits per heavy atom. The van der Waals surface area contributed by atoms with Crippen molar-refractivity contribution in [3.8, 4) is 5.75 Å². The fourth-order valence-electron chi connectivity index (χ4n) is 2.22. The standard InChI is InChI=1S/C18H16F2N2O3/c19-18(20)25-15-9-3-12(4-10-15)17(24)22-14-7-5-13(6-8-14)21-16(23)11-1-2-11/h3-11,18H,1-2H2,(H,21,23)(H,22,24). The quantitative estimate of drug-likeness (QED) is 0.834. The summed E-state index contributed by atoms with van der Waals surface area (Å²) in [6, 6.07) is 12.2. The van der Waals surface area contributed by atoms with Crippen LogP contribution in [0.1, 0.15) is 23.2 Å². The monoisotopic (exact) mass is 346 g/mol. The van der Waals surface area contributed by atoms with Gasteiger partial charge in [0.1, 0.15) is 5.75 Å². The van der Waals surface area contributed by atoms with Crippen LogP contribution < -0.4 is 15.4 Å². The van der Waals surface area contributed by atoms with Crippen LogP contribution in [0.4, 0.5) is 20.2 Å². The van der Waals surface area contributed by atoms with Gasteiger partial charge in [-0.1, -0.05) is 0 Å². The molecule has 0 atom stereocenters. The fraction of sp³-hybridized carbons (Fsp3) is 0.222. The molecule has 1 saturated carbocycles. The Kier molecular flexibility index (Phi) is 4.92. The highest BCUT2D eigenvalue weighted by Gasteiger charge is 2.29. The highest BCUT2D eigenvalue weighted by atomic mass is 19.3. The molecule has 0 aromatic heterocycles. The van der Waals surface area contributed by atoms with Crippen LogP contribution in [0, 0.1) is 5.92 Å². The van der Waals surface area contributed by atoms with E-state index < -0.39 is 6.61 Å². The molecule has 0 spiro atoms. The average molecular weight is 346 g/mol. The Morgan fingerprint density at radius 2 is 1.48 bits per heavy atom. The van der Waals surface area contributed by atoms with Gasteiger partial charge in [0, 0.05) is 22.9 Å². The summed E-state index contributed by atoms with van der Waals surface area (Å²) in [5.74, 6) is -0.250. The first-order valence-electron chi connectivity index (χ1n) is 7.78. The van der Waals surface area contributed by atoms with Gasteiger partial charge in [-0.2, -0.15) is 8.78 Å². The zero-order valence-electron chi connectivity index (χ0n) is 13.2. The predicted octanol–water partition coefficient (Wildman–Crippen LogP) is 3.89. The lowest BCUT2D eigenvalue weighted by atomic mass is 10.2. The molecule has 7 heteroatoms. The van der Waals surface area contributed by atoms with Crippen molar-refractivity contribution in [3.63, 3.8) is 0 Å². The van der Waals surface area contributed by atoms with Crippen LogP contribution in [-0.4, -0.2) is 18.4 Å². The van der Waals surface area contributed by atoms with Crippen LogP contribution in [0.15, 0.2) is 48.5 Å². The van der Waals surface area contributed by atoms with Crippen LogP contribution in [0.2, 0.25) is 0 Å². The molecule has 2 aromatic rings. The van der Waals surface area contributed by atoms with Gasteiger partial charge >= 0.3 is 6.61 Å². The van der Waals surface area contributed by atoms with Crippen molar-refractivity contribution in [3.05, 3.63) is 54.1 Å². The SMILES string of the molecule is O=C(Nc1ccc(NC(=O)C2CC2)cc1)c1ccc(OC(F)F)cc1. The number of carbonyl (C=O) groups is 2. The van der Waals surface area contributed by atoms with Crippen molar-refractivity contribution in [2.24, 2.45) is 5.92 Å². The maximum absolute atomic E-state index is 12.1. The van der Waals surface area contributed by atoms with Gasteiger partial charge in [0.25, 0.3) is 5.91 Å². The minimum Gasteiger partial charge on any atom is -0.435 e. The lowest BCUT2D eigenvalue weighted by Crippen LogP contribution is -2.14. The molecule has 25 heavy (non-hydrogen) atoms. The maximum Gasteiger partial charge on any atom is 0.387 e. The van der Waals surface area contributed by atoms with Crippen LogP contribution in [0.25, 0.3) is 0 Å². The van der Waals surface area contributed by atoms with Gasteiger partial charge in [-0.3, -0.25) is 9.59 Å². The van der Waals surface area contributed by atoms with Gasteiger partial charge in [0.2, 0.25) is 5.91 Å². The molecule has 0 saturated heterocycles. The first kappa shape index (κ1) is 16.9. The molecule has 3 rings (SSSR count). The van der Waals surface area contributed by atoms with E-state index in [4.69, 9.17) is 0 Å². The van der Waals surface area contributed by atoms with E-state index >= 15 is 0 Å². The number of carbonyl (C=O) groups excluding carboxylic acids is 2. The average Bonchev–Trinajstić information content (AvgIpc) is 3.42. The van der Waals surface area contributed by atoms with Gasteiger partial charge in [0.05, 0.1) is 0 Å². The number of nitrogens with one attached hydrogen (secondary N) is 2. The van der Waals surface area contributed by atoms with Crippen molar-refractivity contribution >= 4 is 23.2 Å². The second kappa shape index (κ2) is 7.29. The van der Waals surface area contributed by atoms with Crippen molar-refractivity contribution in [1.29, 1.82) is 0 Å². The summed E-state index contributed by atoms with van der Waals surface area (Å²) in [5, 5.41) is 5.50. The maximum atomic E-state index is 12.1. The highest BCUT2D eigenvalue weighted by Crippen LogP contribution is 2.30. The molecule has 0 bridgehead atoms. The number of halogens is 2. The van der Waals surface area contributed by atoms with E-state index in [1.165, 1.54) is 24.3 Å². The van der Waals surface area contributed by atoms with Crippen molar-refractivity contribution in [1.82, 2.24) is 0 Å². The van der Waals surface area contributed by atoms with E-state index in [0.29, 0.717) is 16.9 Å². The number of anilines is 2. The number of hydrogen-bond acceptors (Lipinski definition) is 3. The molecule has 130 valence electrons. The van der Waals surface area contributed by atoms with Crippen LogP contribution in [0.3, 0.4) is 0 Å².